The van der Waals surface area contributed by atoms with E-state index in [0.29, 0.717) is 10.7 Å². The molecule has 0 saturated heterocycles. The zero-order valence-corrected chi connectivity index (χ0v) is 8.22. The van der Waals surface area contributed by atoms with Crippen LogP contribution in [0.5, 0.6) is 0 Å². The van der Waals surface area contributed by atoms with E-state index in [-0.39, 0.29) is 0 Å². The van der Waals surface area contributed by atoms with E-state index in [0.717, 1.165) is 5.65 Å². The van der Waals surface area contributed by atoms with Gasteiger partial charge >= 0.3 is 0 Å². The molecule has 0 amide bonds. The van der Waals surface area contributed by atoms with Gasteiger partial charge in [-0.25, -0.2) is 0 Å². The topological polar surface area (TPSA) is 84.1 Å². The number of aromatic amines is 1. The summed E-state index contributed by atoms with van der Waals surface area (Å²) in [4.78, 5) is 4.91. The molecule has 15 heavy (non-hydrogen) atoms. The van der Waals surface area contributed by atoms with Crippen LogP contribution in [0.4, 0.5) is 5.95 Å². The number of nitrogens with zero attached hydrogens (tertiary/aromatic N) is 6. The summed E-state index contributed by atoms with van der Waals surface area (Å²) in [5.41, 5.74) is 0.852. The van der Waals surface area contributed by atoms with Crippen molar-refractivity contribution in [2.24, 2.45) is 4.99 Å². The standard InChI is InChI=1S/C7H5N7S/c1-2-4-14-5(3-1)11-15-7(14)8-6-9-12-13-10-6/h1-4H,(H,9,10,12,13). The van der Waals surface area contributed by atoms with E-state index in [9.17, 15) is 0 Å². The lowest BCUT2D eigenvalue weighted by Gasteiger charge is -1.88. The van der Waals surface area contributed by atoms with E-state index in [2.05, 4.69) is 30.0 Å². The monoisotopic (exact) mass is 219 g/mol. The lowest BCUT2D eigenvalue weighted by atomic mass is 10.5. The highest BCUT2D eigenvalue weighted by molar-refractivity contribution is 7.03. The maximum atomic E-state index is 4.22. The predicted octanol–water partition coefficient (Wildman–Crippen LogP) is 0.141. The van der Waals surface area contributed by atoms with Crippen molar-refractivity contribution in [2.75, 3.05) is 0 Å². The second-order valence-corrected chi connectivity index (χ2v) is 3.45. The van der Waals surface area contributed by atoms with E-state index in [4.69, 9.17) is 0 Å². The molecule has 74 valence electrons. The van der Waals surface area contributed by atoms with Crippen LogP contribution in [0.2, 0.25) is 0 Å². The van der Waals surface area contributed by atoms with Gasteiger partial charge in [-0.05, 0) is 17.3 Å². The smallest absolute Gasteiger partial charge is 0.275 e. The number of H-pyrrole nitrogens is 1. The van der Waals surface area contributed by atoms with E-state index in [1.54, 1.807) is 0 Å². The highest BCUT2D eigenvalue weighted by atomic mass is 32.1. The molecule has 3 aromatic heterocycles. The average Bonchev–Trinajstić information content (AvgIpc) is 2.89. The number of aromatic nitrogens is 6. The maximum absolute atomic E-state index is 4.22. The molecule has 0 aromatic carbocycles. The second kappa shape index (κ2) is 3.24. The zero-order chi connectivity index (χ0) is 10.1. The first-order valence-electron chi connectivity index (χ1n) is 4.15. The molecule has 1 N–H and O–H groups in total. The van der Waals surface area contributed by atoms with Crippen LogP contribution in [0.3, 0.4) is 0 Å². The highest BCUT2D eigenvalue weighted by Gasteiger charge is 1.99. The number of fused-ring (bicyclic) bond motifs is 1. The van der Waals surface area contributed by atoms with Crippen LogP contribution in [0.1, 0.15) is 0 Å². The van der Waals surface area contributed by atoms with Gasteiger partial charge in [-0.2, -0.15) is 14.6 Å². The first-order valence-corrected chi connectivity index (χ1v) is 4.92. The van der Waals surface area contributed by atoms with Crippen molar-refractivity contribution in [2.45, 2.75) is 0 Å². The molecule has 0 aliphatic carbocycles. The largest absolute Gasteiger partial charge is 0.291 e. The SMILES string of the molecule is c1ccn2c(=Nc3nn[nH]n3)snc2c1. The van der Waals surface area contributed by atoms with Crippen LogP contribution in [0.25, 0.3) is 5.65 Å². The quantitative estimate of drug-likeness (QED) is 0.631. The van der Waals surface area contributed by atoms with E-state index >= 15 is 0 Å². The summed E-state index contributed by atoms with van der Waals surface area (Å²) in [5.74, 6) is 0.303. The second-order valence-electron chi connectivity index (χ2n) is 2.72. The number of hydrogen-bond donors (Lipinski definition) is 1. The molecule has 0 aliphatic heterocycles. The summed E-state index contributed by atoms with van der Waals surface area (Å²) in [6.45, 7) is 0. The molecule has 3 rings (SSSR count). The first-order chi connectivity index (χ1) is 7.43. The molecule has 0 spiro atoms. The summed E-state index contributed by atoms with van der Waals surface area (Å²) in [7, 11) is 0. The molecule has 0 fully saturated rings. The fourth-order valence-electron chi connectivity index (χ4n) is 1.17. The Morgan fingerprint density at radius 1 is 1.40 bits per heavy atom. The third-order valence-electron chi connectivity index (χ3n) is 1.80. The third-order valence-corrected chi connectivity index (χ3v) is 2.52. The summed E-state index contributed by atoms with van der Waals surface area (Å²) >= 11 is 1.29. The molecule has 0 bridgehead atoms. The molecule has 7 nitrogen and oxygen atoms in total. The molecule has 0 atom stereocenters. The Kier molecular flexibility index (Phi) is 1.78. The molecule has 3 heterocycles. The Bertz CT molecular complexity index is 634. The minimum atomic E-state index is 0.303. The van der Waals surface area contributed by atoms with Crippen LogP contribution in [0, 0.1) is 0 Å². The van der Waals surface area contributed by atoms with Crippen molar-refractivity contribution in [3.8, 4) is 0 Å². The van der Waals surface area contributed by atoms with Crippen molar-refractivity contribution in [3.05, 3.63) is 29.2 Å². The number of pyridine rings is 1. The van der Waals surface area contributed by atoms with E-state index in [1.165, 1.54) is 11.5 Å². The Labute approximate surface area is 87.3 Å². The zero-order valence-electron chi connectivity index (χ0n) is 7.40. The Morgan fingerprint density at radius 2 is 2.40 bits per heavy atom. The van der Waals surface area contributed by atoms with Crippen LogP contribution in [-0.4, -0.2) is 29.4 Å². The van der Waals surface area contributed by atoms with Crippen molar-refractivity contribution < 1.29 is 0 Å². The molecule has 0 radical (unpaired) electrons. The van der Waals surface area contributed by atoms with Crippen molar-refractivity contribution in [3.63, 3.8) is 0 Å². The minimum absolute atomic E-state index is 0.303. The van der Waals surface area contributed by atoms with Crippen LogP contribution in [0.15, 0.2) is 29.4 Å². The fraction of sp³-hybridized carbons (Fsp3) is 0. The Morgan fingerprint density at radius 3 is 3.27 bits per heavy atom. The van der Waals surface area contributed by atoms with Gasteiger partial charge in [0.2, 0.25) is 4.80 Å². The maximum Gasteiger partial charge on any atom is 0.291 e. The summed E-state index contributed by atoms with van der Waals surface area (Å²) in [6, 6.07) is 5.75. The lowest BCUT2D eigenvalue weighted by Crippen LogP contribution is -2.04. The molecule has 0 aliphatic rings. The number of hydrogen-bond acceptors (Lipinski definition) is 6. The van der Waals surface area contributed by atoms with E-state index in [1.807, 2.05) is 28.8 Å². The Hall–Kier alpha value is -2.09. The molecule has 0 saturated carbocycles. The van der Waals surface area contributed by atoms with Crippen LogP contribution < -0.4 is 4.80 Å². The molecule has 3 aromatic rings. The van der Waals surface area contributed by atoms with Crippen molar-refractivity contribution >= 4 is 23.1 Å². The number of tetrazole rings is 1. The number of rotatable bonds is 1. The van der Waals surface area contributed by atoms with Gasteiger partial charge in [0.05, 0.1) is 0 Å². The van der Waals surface area contributed by atoms with Crippen molar-refractivity contribution in [1.82, 2.24) is 29.4 Å². The fourth-order valence-corrected chi connectivity index (χ4v) is 1.85. The average molecular weight is 219 g/mol. The Balaban J connectivity index is 2.28. The van der Waals surface area contributed by atoms with Gasteiger partial charge in [-0.15, -0.1) is 5.10 Å². The summed E-state index contributed by atoms with van der Waals surface area (Å²) in [6.07, 6.45) is 1.89. The highest BCUT2D eigenvalue weighted by Crippen LogP contribution is 2.00. The van der Waals surface area contributed by atoms with Gasteiger partial charge in [0.1, 0.15) is 0 Å². The summed E-state index contributed by atoms with van der Waals surface area (Å²) in [5, 5.41) is 13.3. The van der Waals surface area contributed by atoms with Crippen LogP contribution >= 0.6 is 11.5 Å². The predicted molar refractivity (Wildman–Crippen MR) is 52.5 cm³/mol. The van der Waals surface area contributed by atoms with Gasteiger partial charge < -0.3 is 0 Å². The number of nitrogens with one attached hydrogen (secondary N) is 1. The normalized spacial score (nSPS) is 12.4. The minimum Gasteiger partial charge on any atom is -0.275 e. The van der Waals surface area contributed by atoms with Gasteiger partial charge in [-0.3, -0.25) is 4.40 Å². The lowest BCUT2D eigenvalue weighted by molar-refractivity contribution is 0.881. The first kappa shape index (κ1) is 8.24. The molecule has 0 unspecified atom stereocenters. The van der Waals surface area contributed by atoms with Gasteiger partial charge in [-0.1, -0.05) is 11.2 Å². The van der Waals surface area contributed by atoms with Gasteiger partial charge in [0.25, 0.3) is 5.95 Å². The third kappa shape index (κ3) is 1.40. The molecular weight excluding hydrogens is 214 g/mol. The summed E-state index contributed by atoms with van der Waals surface area (Å²) < 4.78 is 6.09. The molecular formula is C7H5N7S. The van der Waals surface area contributed by atoms with Gasteiger partial charge in [0, 0.05) is 17.7 Å². The van der Waals surface area contributed by atoms with Crippen molar-refractivity contribution in [1.29, 1.82) is 0 Å². The van der Waals surface area contributed by atoms with Gasteiger partial charge in [0.15, 0.2) is 5.65 Å². The van der Waals surface area contributed by atoms with Crippen LogP contribution in [-0.2, 0) is 0 Å². The molecule has 8 heteroatoms. The van der Waals surface area contributed by atoms with E-state index < -0.39 is 0 Å².